The van der Waals surface area contributed by atoms with Gasteiger partial charge in [0.25, 0.3) is 0 Å². The molecule has 0 aliphatic heterocycles. The van der Waals surface area contributed by atoms with Crippen molar-refractivity contribution in [2.75, 3.05) is 11.9 Å². The Morgan fingerprint density at radius 2 is 1.84 bits per heavy atom. The lowest BCUT2D eigenvalue weighted by Crippen LogP contribution is -2.28. The maximum absolute atomic E-state index is 13.3. The van der Waals surface area contributed by atoms with Crippen molar-refractivity contribution in [2.24, 2.45) is 5.41 Å². The number of alkyl halides is 3. The zero-order valence-electron chi connectivity index (χ0n) is 14.2. The normalized spacial score (nSPS) is 12.3. The molecule has 0 aliphatic carbocycles. The van der Waals surface area contributed by atoms with Crippen LogP contribution in [0.25, 0.3) is 0 Å². The molecule has 0 spiro atoms. The number of benzene rings is 1. The molecule has 1 aromatic carbocycles. The van der Waals surface area contributed by atoms with Gasteiger partial charge in [-0.1, -0.05) is 26.8 Å². The number of nitrogens with one attached hydrogen (secondary N) is 2. The molecule has 2 rings (SSSR count). The molecular formula is C17H20F4N4. The van der Waals surface area contributed by atoms with Gasteiger partial charge in [-0.05, 0) is 23.6 Å². The molecule has 2 N–H and O–H groups in total. The van der Waals surface area contributed by atoms with Crippen LogP contribution in [0.2, 0.25) is 0 Å². The number of aromatic nitrogens is 2. The topological polar surface area (TPSA) is 49.8 Å². The largest absolute Gasteiger partial charge is 0.433 e. The number of hydrogen-bond acceptors (Lipinski definition) is 4. The average Bonchev–Trinajstić information content (AvgIpc) is 2.46. The van der Waals surface area contributed by atoms with Crippen LogP contribution in [-0.2, 0) is 12.7 Å². The first-order valence-corrected chi connectivity index (χ1v) is 7.71. The van der Waals surface area contributed by atoms with Gasteiger partial charge in [-0.3, -0.25) is 0 Å². The third-order valence-corrected chi connectivity index (χ3v) is 3.18. The van der Waals surface area contributed by atoms with Crippen molar-refractivity contribution in [2.45, 2.75) is 33.5 Å². The Labute approximate surface area is 143 Å². The third kappa shape index (κ3) is 5.97. The number of rotatable bonds is 5. The van der Waals surface area contributed by atoms with Gasteiger partial charge in [0.05, 0.1) is 0 Å². The zero-order valence-corrected chi connectivity index (χ0v) is 14.2. The lowest BCUT2D eigenvalue weighted by Gasteiger charge is -2.20. The minimum atomic E-state index is -4.61. The van der Waals surface area contributed by atoms with Gasteiger partial charge in [0.15, 0.2) is 5.69 Å². The van der Waals surface area contributed by atoms with E-state index in [0.29, 0.717) is 6.54 Å². The minimum Gasteiger partial charge on any atom is -0.324 e. The summed E-state index contributed by atoms with van der Waals surface area (Å²) in [6.45, 7) is 6.49. The smallest absolute Gasteiger partial charge is 0.324 e. The van der Waals surface area contributed by atoms with Crippen LogP contribution in [-0.4, -0.2) is 16.5 Å². The van der Waals surface area contributed by atoms with Crippen molar-refractivity contribution < 1.29 is 17.6 Å². The Morgan fingerprint density at radius 3 is 2.44 bits per heavy atom. The number of nitrogens with zero attached hydrogens (tertiary/aromatic N) is 2. The van der Waals surface area contributed by atoms with E-state index in [1.54, 1.807) is 0 Å². The second-order valence-corrected chi connectivity index (χ2v) is 6.86. The van der Waals surface area contributed by atoms with E-state index in [1.165, 1.54) is 18.2 Å². The fourth-order valence-corrected chi connectivity index (χ4v) is 2.11. The van der Waals surface area contributed by atoms with E-state index in [0.717, 1.165) is 12.3 Å². The van der Waals surface area contributed by atoms with Crippen LogP contribution >= 0.6 is 0 Å². The quantitative estimate of drug-likeness (QED) is 0.774. The first-order chi connectivity index (χ1) is 11.5. The van der Waals surface area contributed by atoms with Crippen molar-refractivity contribution in [1.29, 1.82) is 0 Å². The molecule has 0 fully saturated rings. The highest BCUT2D eigenvalue weighted by Crippen LogP contribution is 2.31. The number of halogens is 4. The van der Waals surface area contributed by atoms with Crippen LogP contribution in [0.5, 0.6) is 0 Å². The highest BCUT2D eigenvalue weighted by molar-refractivity contribution is 5.53. The molecule has 0 saturated heterocycles. The van der Waals surface area contributed by atoms with Crippen molar-refractivity contribution in [3.05, 3.63) is 47.5 Å². The first kappa shape index (κ1) is 19.1. The second-order valence-electron chi connectivity index (χ2n) is 6.86. The molecule has 0 amide bonds. The van der Waals surface area contributed by atoms with Gasteiger partial charge < -0.3 is 10.6 Å². The van der Waals surface area contributed by atoms with Crippen LogP contribution < -0.4 is 10.6 Å². The second kappa shape index (κ2) is 7.35. The van der Waals surface area contributed by atoms with Crippen molar-refractivity contribution >= 4 is 11.6 Å². The van der Waals surface area contributed by atoms with E-state index in [9.17, 15) is 17.6 Å². The van der Waals surface area contributed by atoms with Crippen LogP contribution in [0.1, 0.15) is 32.0 Å². The Bertz CT molecular complexity index is 723. The predicted octanol–water partition coefficient (Wildman–Crippen LogP) is 4.51. The molecular weight excluding hydrogens is 336 g/mol. The molecule has 25 heavy (non-hydrogen) atoms. The summed E-state index contributed by atoms with van der Waals surface area (Å²) in [6.07, 6.45) is -3.48. The number of anilines is 2. The van der Waals surface area contributed by atoms with Gasteiger partial charge in [-0.15, -0.1) is 0 Å². The molecule has 0 aliphatic rings. The Balaban J connectivity index is 2.21. The molecule has 0 unspecified atom stereocenters. The Morgan fingerprint density at radius 1 is 1.12 bits per heavy atom. The molecule has 1 aromatic heterocycles. The lowest BCUT2D eigenvalue weighted by molar-refractivity contribution is -0.141. The van der Waals surface area contributed by atoms with Gasteiger partial charge >= 0.3 is 6.18 Å². The van der Waals surface area contributed by atoms with Gasteiger partial charge in [0.1, 0.15) is 5.82 Å². The van der Waals surface area contributed by atoms with Crippen molar-refractivity contribution in [3.8, 4) is 0 Å². The fraction of sp³-hybridized carbons (Fsp3) is 0.412. The molecule has 2 aromatic rings. The molecule has 0 atom stereocenters. The molecule has 8 heteroatoms. The predicted molar refractivity (Wildman–Crippen MR) is 87.9 cm³/mol. The summed E-state index contributed by atoms with van der Waals surface area (Å²) in [7, 11) is 0. The van der Waals surface area contributed by atoms with E-state index in [2.05, 4.69) is 20.6 Å². The molecule has 0 radical (unpaired) electrons. The maximum atomic E-state index is 13.3. The van der Waals surface area contributed by atoms with Gasteiger partial charge in [0.2, 0.25) is 5.95 Å². The highest BCUT2D eigenvalue weighted by Gasteiger charge is 2.36. The number of hydrogen-bond donors (Lipinski definition) is 2. The zero-order chi connectivity index (χ0) is 18.7. The average molecular weight is 356 g/mol. The third-order valence-electron chi connectivity index (χ3n) is 3.18. The summed E-state index contributed by atoms with van der Waals surface area (Å²) < 4.78 is 53.0. The standard InChI is InChI=1S/C17H20F4N4/c1-16(2,3)10-22-8-11-9-23-15(25-14(11)17(19,20)21)24-13-6-4-5-12(18)7-13/h4-7,9,22H,8,10H2,1-3H3,(H,23,24,25). The van der Waals surface area contributed by atoms with Crippen LogP contribution in [0.3, 0.4) is 0 Å². The van der Waals surface area contributed by atoms with Gasteiger partial charge in [-0.2, -0.15) is 13.2 Å². The molecule has 4 nitrogen and oxygen atoms in total. The summed E-state index contributed by atoms with van der Waals surface area (Å²) in [5.41, 5.74) is -0.839. The first-order valence-electron chi connectivity index (χ1n) is 7.71. The fourth-order valence-electron chi connectivity index (χ4n) is 2.11. The lowest BCUT2D eigenvalue weighted by atomic mass is 9.97. The van der Waals surface area contributed by atoms with E-state index >= 15 is 0 Å². The molecule has 0 saturated carbocycles. The van der Waals surface area contributed by atoms with Crippen LogP contribution in [0.15, 0.2) is 30.5 Å². The molecule has 1 heterocycles. The summed E-state index contributed by atoms with van der Waals surface area (Å²) in [5.74, 6) is -0.749. The van der Waals surface area contributed by atoms with Crippen molar-refractivity contribution in [3.63, 3.8) is 0 Å². The maximum Gasteiger partial charge on any atom is 0.433 e. The monoisotopic (exact) mass is 356 g/mol. The summed E-state index contributed by atoms with van der Waals surface area (Å²) in [5, 5.41) is 5.56. The van der Waals surface area contributed by atoms with Crippen LogP contribution in [0, 0.1) is 11.2 Å². The SMILES string of the molecule is CC(C)(C)CNCc1cnc(Nc2cccc(F)c2)nc1C(F)(F)F. The minimum absolute atomic E-state index is 0.00631. The molecule has 136 valence electrons. The molecule has 0 bridgehead atoms. The van der Waals surface area contributed by atoms with E-state index in [-0.39, 0.29) is 29.2 Å². The highest BCUT2D eigenvalue weighted by atomic mass is 19.4. The van der Waals surface area contributed by atoms with Gasteiger partial charge in [0, 0.05) is 30.5 Å². The summed E-state index contributed by atoms with van der Waals surface area (Å²) in [4.78, 5) is 7.48. The van der Waals surface area contributed by atoms with E-state index < -0.39 is 17.7 Å². The Kier molecular flexibility index (Phi) is 5.62. The van der Waals surface area contributed by atoms with Crippen LogP contribution in [0.4, 0.5) is 29.2 Å². The summed E-state index contributed by atoms with van der Waals surface area (Å²) >= 11 is 0. The van der Waals surface area contributed by atoms with Crippen molar-refractivity contribution in [1.82, 2.24) is 15.3 Å². The van der Waals surface area contributed by atoms with E-state index in [4.69, 9.17) is 0 Å². The van der Waals surface area contributed by atoms with E-state index in [1.807, 2.05) is 20.8 Å². The Hall–Kier alpha value is -2.22. The summed E-state index contributed by atoms with van der Waals surface area (Å²) in [6, 6.07) is 5.33. The van der Waals surface area contributed by atoms with Gasteiger partial charge in [-0.25, -0.2) is 14.4 Å².